The topological polar surface area (TPSA) is 29.5 Å². The van der Waals surface area contributed by atoms with E-state index in [9.17, 15) is 13.9 Å². The van der Waals surface area contributed by atoms with E-state index in [2.05, 4.69) is 0 Å². The Labute approximate surface area is 90.4 Å². The first-order chi connectivity index (χ1) is 6.99. The first-order valence-electron chi connectivity index (χ1n) is 4.44. The Balaban J connectivity index is 2.63. The molecule has 0 bridgehead atoms. The Morgan fingerprint density at radius 1 is 1.47 bits per heavy atom. The molecule has 0 unspecified atom stereocenters. The molecule has 5 heteroatoms. The van der Waals surface area contributed by atoms with Crippen molar-refractivity contribution >= 4 is 11.6 Å². The SMILES string of the molecule is COc1c(C2(O)CC2)cc(F)c(Cl)c1F. The van der Waals surface area contributed by atoms with Crippen molar-refractivity contribution in [2.75, 3.05) is 7.11 Å². The van der Waals surface area contributed by atoms with Gasteiger partial charge in [-0.25, -0.2) is 8.78 Å². The van der Waals surface area contributed by atoms with Gasteiger partial charge < -0.3 is 9.84 Å². The molecule has 1 fully saturated rings. The summed E-state index contributed by atoms with van der Waals surface area (Å²) in [4.78, 5) is 0. The quantitative estimate of drug-likeness (QED) is 0.797. The Bertz CT molecular complexity index is 416. The highest BCUT2D eigenvalue weighted by molar-refractivity contribution is 6.31. The number of methoxy groups -OCH3 is 1. The van der Waals surface area contributed by atoms with Crippen LogP contribution in [0.1, 0.15) is 18.4 Å². The average Bonchev–Trinajstić information content (AvgIpc) is 2.94. The molecule has 0 saturated heterocycles. The van der Waals surface area contributed by atoms with Gasteiger partial charge >= 0.3 is 0 Å². The van der Waals surface area contributed by atoms with Gasteiger partial charge in [-0.2, -0.15) is 0 Å². The lowest BCUT2D eigenvalue weighted by Gasteiger charge is -2.15. The third-order valence-corrected chi connectivity index (χ3v) is 2.89. The van der Waals surface area contributed by atoms with E-state index in [0.717, 1.165) is 6.07 Å². The molecule has 82 valence electrons. The lowest BCUT2D eigenvalue weighted by Crippen LogP contribution is -2.09. The van der Waals surface area contributed by atoms with Gasteiger partial charge in [-0.3, -0.25) is 0 Å². The highest BCUT2D eigenvalue weighted by Crippen LogP contribution is 2.50. The predicted molar refractivity (Wildman–Crippen MR) is 51.1 cm³/mol. The fraction of sp³-hybridized carbons (Fsp3) is 0.400. The lowest BCUT2D eigenvalue weighted by molar-refractivity contribution is 0.146. The summed E-state index contributed by atoms with van der Waals surface area (Å²) in [7, 11) is 1.25. The smallest absolute Gasteiger partial charge is 0.186 e. The third-order valence-electron chi connectivity index (χ3n) is 2.55. The van der Waals surface area contributed by atoms with Crippen molar-refractivity contribution in [1.82, 2.24) is 0 Å². The fourth-order valence-corrected chi connectivity index (χ4v) is 1.65. The van der Waals surface area contributed by atoms with Crippen LogP contribution in [-0.2, 0) is 5.60 Å². The highest BCUT2D eigenvalue weighted by atomic mass is 35.5. The molecule has 0 aromatic heterocycles. The van der Waals surface area contributed by atoms with Gasteiger partial charge in [0.05, 0.1) is 12.7 Å². The summed E-state index contributed by atoms with van der Waals surface area (Å²) in [5.41, 5.74) is -1.03. The molecule has 2 nitrogen and oxygen atoms in total. The zero-order valence-electron chi connectivity index (χ0n) is 7.98. The molecular weight excluding hydrogens is 226 g/mol. The molecule has 15 heavy (non-hydrogen) atoms. The van der Waals surface area contributed by atoms with Crippen LogP contribution in [0.25, 0.3) is 0 Å². The van der Waals surface area contributed by atoms with Crippen molar-refractivity contribution in [3.05, 3.63) is 28.3 Å². The number of rotatable bonds is 2. The van der Waals surface area contributed by atoms with Gasteiger partial charge in [-0.1, -0.05) is 11.6 Å². The first-order valence-corrected chi connectivity index (χ1v) is 4.82. The molecule has 2 rings (SSSR count). The number of hydrogen-bond donors (Lipinski definition) is 1. The standard InChI is InChI=1S/C10H9ClF2O2/c1-15-9-5(10(14)2-3-10)4-6(12)7(11)8(9)13/h4,14H,2-3H2,1H3. The largest absolute Gasteiger partial charge is 0.493 e. The molecule has 1 aliphatic carbocycles. The van der Waals surface area contributed by atoms with Gasteiger partial charge in [0.25, 0.3) is 0 Å². The predicted octanol–water partition coefficient (Wildman–Crippen LogP) is 2.61. The maximum atomic E-state index is 13.5. The fourth-order valence-electron chi connectivity index (χ4n) is 1.51. The van der Waals surface area contributed by atoms with Crippen molar-refractivity contribution in [3.8, 4) is 5.75 Å². The van der Waals surface area contributed by atoms with E-state index in [1.54, 1.807) is 0 Å². The second kappa shape index (κ2) is 3.32. The van der Waals surface area contributed by atoms with E-state index < -0.39 is 22.3 Å². The van der Waals surface area contributed by atoms with Crippen molar-refractivity contribution in [1.29, 1.82) is 0 Å². The molecule has 0 heterocycles. The van der Waals surface area contributed by atoms with Crippen LogP contribution in [0.2, 0.25) is 5.02 Å². The molecule has 1 N–H and O–H groups in total. The van der Waals surface area contributed by atoms with Gasteiger partial charge in [0, 0.05) is 5.56 Å². The lowest BCUT2D eigenvalue weighted by atomic mass is 10.1. The van der Waals surface area contributed by atoms with Crippen LogP contribution >= 0.6 is 11.6 Å². The first kappa shape index (κ1) is 10.6. The molecule has 0 atom stereocenters. The Kier molecular flexibility index (Phi) is 2.35. The van der Waals surface area contributed by atoms with E-state index in [-0.39, 0.29) is 11.3 Å². The Morgan fingerprint density at radius 2 is 2.07 bits per heavy atom. The van der Waals surface area contributed by atoms with E-state index in [1.165, 1.54) is 7.11 Å². The maximum Gasteiger partial charge on any atom is 0.186 e. The summed E-state index contributed by atoms with van der Waals surface area (Å²) in [6.07, 6.45) is 0.952. The minimum atomic E-state index is -1.16. The Morgan fingerprint density at radius 3 is 2.53 bits per heavy atom. The minimum Gasteiger partial charge on any atom is -0.493 e. The van der Waals surface area contributed by atoms with E-state index in [4.69, 9.17) is 16.3 Å². The van der Waals surface area contributed by atoms with E-state index in [1.807, 2.05) is 0 Å². The van der Waals surface area contributed by atoms with Crippen LogP contribution < -0.4 is 4.74 Å². The zero-order valence-corrected chi connectivity index (χ0v) is 8.74. The average molecular weight is 235 g/mol. The minimum absolute atomic E-state index is 0.129. The third kappa shape index (κ3) is 1.58. The summed E-state index contributed by atoms with van der Waals surface area (Å²) < 4.78 is 31.4. The molecule has 0 spiro atoms. The van der Waals surface area contributed by atoms with Crippen molar-refractivity contribution in [3.63, 3.8) is 0 Å². The number of ether oxygens (including phenoxy) is 1. The summed E-state index contributed by atoms with van der Waals surface area (Å²) in [6, 6.07) is 1.03. The molecule has 1 aromatic rings. The van der Waals surface area contributed by atoms with E-state index in [0.29, 0.717) is 12.8 Å². The second-order valence-electron chi connectivity index (χ2n) is 3.60. The van der Waals surface area contributed by atoms with Crippen molar-refractivity contribution in [2.45, 2.75) is 18.4 Å². The van der Waals surface area contributed by atoms with Gasteiger partial charge in [0.2, 0.25) is 0 Å². The van der Waals surface area contributed by atoms with E-state index >= 15 is 0 Å². The normalized spacial score (nSPS) is 17.7. The number of benzene rings is 1. The molecule has 0 aliphatic heterocycles. The number of hydrogen-bond acceptors (Lipinski definition) is 2. The van der Waals surface area contributed by atoms with Crippen LogP contribution in [0, 0.1) is 11.6 Å². The van der Waals surface area contributed by atoms with Crippen LogP contribution in [-0.4, -0.2) is 12.2 Å². The summed E-state index contributed by atoms with van der Waals surface area (Å²) >= 11 is 5.39. The van der Waals surface area contributed by atoms with Gasteiger partial charge in [0.1, 0.15) is 10.8 Å². The van der Waals surface area contributed by atoms with Crippen LogP contribution in [0.4, 0.5) is 8.78 Å². The monoisotopic (exact) mass is 234 g/mol. The van der Waals surface area contributed by atoms with Gasteiger partial charge in [-0.05, 0) is 18.9 Å². The van der Waals surface area contributed by atoms with Gasteiger partial charge in [0.15, 0.2) is 11.6 Å². The van der Waals surface area contributed by atoms with Crippen LogP contribution in [0.3, 0.4) is 0 Å². The number of halogens is 3. The second-order valence-corrected chi connectivity index (χ2v) is 3.98. The molecule has 0 radical (unpaired) electrons. The van der Waals surface area contributed by atoms with Crippen LogP contribution in [0.15, 0.2) is 6.07 Å². The van der Waals surface area contributed by atoms with Crippen molar-refractivity contribution in [2.24, 2.45) is 0 Å². The van der Waals surface area contributed by atoms with Crippen LogP contribution in [0.5, 0.6) is 5.75 Å². The molecular formula is C10H9ClF2O2. The number of aliphatic hydroxyl groups is 1. The highest BCUT2D eigenvalue weighted by Gasteiger charge is 2.45. The zero-order chi connectivity index (χ0) is 11.2. The molecule has 1 aromatic carbocycles. The maximum absolute atomic E-state index is 13.5. The van der Waals surface area contributed by atoms with Gasteiger partial charge in [-0.15, -0.1) is 0 Å². The Hall–Kier alpha value is -0.870. The van der Waals surface area contributed by atoms with Crippen molar-refractivity contribution < 1.29 is 18.6 Å². The summed E-state index contributed by atoms with van der Waals surface area (Å²) in [6.45, 7) is 0. The molecule has 1 saturated carbocycles. The molecule has 0 amide bonds. The molecule has 1 aliphatic rings. The summed E-state index contributed by atoms with van der Waals surface area (Å²) in [5, 5.41) is 9.18. The summed E-state index contributed by atoms with van der Waals surface area (Å²) in [5.74, 6) is -2.03.